The minimum atomic E-state index is -0.975. The van der Waals surface area contributed by atoms with Crippen molar-refractivity contribution >= 4 is 23.7 Å². The zero-order chi connectivity index (χ0) is 32.0. The number of carbonyl (C=O) groups excluding carboxylic acids is 3. The first kappa shape index (κ1) is 35.2. The largest absolute Gasteiger partial charge is 0.480 e. The zero-order valence-corrected chi connectivity index (χ0v) is 27.2. The Morgan fingerprint density at radius 1 is 1.02 bits per heavy atom. The van der Waals surface area contributed by atoms with Crippen LogP contribution in [0.5, 0.6) is 0 Å². The minimum absolute atomic E-state index is 0.0624. The van der Waals surface area contributed by atoms with Crippen molar-refractivity contribution in [2.24, 2.45) is 11.3 Å². The molecule has 1 heterocycles. The molecule has 1 aromatic rings. The van der Waals surface area contributed by atoms with Crippen LogP contribution in [0.2, 0.25) is 0 Å². The molecule has 1 aromatic carbocycles. The molecular weight excluding hydrogens is 534 g/mol. The number of likely N-dealkylation sites (N-methyl/N-ethyl adjacent to an activating group) is 3. The average Bonchev–Trinajstić information content (AvgIpc) is 3.40. The number of aliphatic carboxylic acids is 1. The fourth-order valence-corrected chi connectivity index (χ4v) is 5.90. The van der Waals surface area contributed by atoms with Crippen molar-refractivity contribution in [2.45, 2.75) is 90.9 Å². The van der Waals surface area contributed by atoms with Crippen LogP contribution in [0, 0.1) is 11.3 Å². The van der Waals surface area contributed by atoms with Gasteiger partial charge < -0.3 is 25.5 Å². The van der Waals surface area contributed by atoms with Crippen molar-refractivity contribution in [3.05, 3.63) is 35.9 Å². The second-order valence-corrected chi connectivity index (χ2v) is 13.7. The van der Waals surface area contributed by atoms with Gasteiger partial charge >= 0.3 is 5.97 Å². The summed E-state index contributed by atoms with van der Waals surface area (Å²) in [5.41, 5.74) is -0.0973. The Morgan fingerprint density at radius 3 is 2.12 bits per heavy atom. The lowest BCUT2D eigenvalue weighted by molar-refractivity contribution is -0.148. The maximum Gasteiger partial charge on any atom is 0.326 e. The summed E-state index contributed by atoms with van der Waals surface area (Å²) in [6.45, 7) is 14.8. The van der Waals surface area contributed by atoms with Crippen LogP contribution in [-0.2, 0) is 24.6 Å². The molecule has 3 amide bonds. The van der Waals surface area contributed by atoms with Crippen LogP contribution < -0.4 is 10.6 Å². The van der Waals surface area contributed by atoms with Gasteiger partial charge in [0.05, 0.1) is 12.6 Å². The van der Waals surface area contributed by atoms with E-state index >= 15 is 0 Å². The summed E-state index contributed by atoms with van der Waals surface area (Å²) in [4.78, 5) is 57.3. The fraction of sp³-hybridized carbons (Fsp3) is 0.688. The molecule has 1 saturated heterocycles. The highest BCUT2D eigenvalue weighted by atomic mass is 16.4. The molecule has 10 nitrogen and oxygen atoms in total. The molecule has 3 unspecified atom stereocenters. The van der Waals surface area contributed by atoms with Crippen molar-refractivity contribution in [1.29, 1.82) is 0 Å². The second kappa shape index (κ2) is 14.5. The van der Waals surface area contributed by atoms with Crippen molar-refractivity contribution in [1.82, 2.24) is 25.3 Å². The van der Waals surface area contributed by atoms with Gasteiger partial charge in [0.2, 0.25) is 17.7 Å². The number of benzene rings is 1. The van der Waals surface area contributed by atoms with Gasteiger partial charge in [-0.3, -0.25) is 19.3 Å². The summed E-state index contributed by atoms with van der Waals surface area (Å²) >= 11 is 0. The first-order valence-electron chi connectivity index (χ1n) is 14.9. The molecule has 0 saturated carbocycles. The highest BCUT2D eigenvalue weighted by Crippen LogP contribution is 2.29. The Hall–Kier alpha value is -2.98. The molecule has 4 atom stereocenters. The predicted octanol–water partition coefficient (Wildman–Crippen LogP) is 2.57. The molecular formula is C32H53N5O5. The van der Waals surface area contributed by atoms with Crippen LogP contribution in [0.3, 0.4) is 0 Å². The van der Waals surface area contributed by atoms with Gasteiger partial charge in [-0.15, -0.1) is 0 Å². The number of carbonyl (C=O) groups is 4. The third kappa shape index (κ3) is 8.53. The van der Waals surface area contributed by atoms with Crippen LogP contribution >= 0.6 is 0 Å². The zero-order valence-electron chi connectivity index (χ0n) is 27.2. The average molecular weight is 588 g/mol. The Labute approximate surface area is 252 Å². The highest BCUT2D eigenvalue weighted by molar-refractivity contribution is 5.91. The normalized spacial score (nSPS) is 18.1. The van der Waals surface area contributed by atoms with Gasteiger partial charge in [-0.2, -0.15) is 0 Å². The first-order chi connectivity index (χ1) is 19.4. The molecule has 1 aliphatic rings. The van der Waals surface area contributed by atoms with Crippen molar-refractivity contribution in [3.63, 3.8) is 0 Å². The quantitative estimate of drug-likeness (QED) is 0.324. The van der Waals surface area contributed by atoms with E-state index < -0.39 is 34.9 Å². The molecule has 1 aliphatic heterocycles. The standard InChI is InChI=1S/C32H53N5O5/c1-21(2)24(19-35(9)20-25(38)37-18-14-17-23(37)30(41)42)36(10)29(40)27(31(3,4)5)34-28(39)26(33-8)32(6,7)22-15-12-11-13-16-22/h11-13,15-16,21,23-24,26-27,33H,14,17-20H2,1-10H3,(H,34,39)(H,41,42)/t23-,24?,26?,27?/m0/s1. The number of amides is 3. The summed E-state index contributed by atoms with van der Waals surface area (Å²) in [5.74, 6) is -1.59. The van der Waals surface area contributed by atoms with E-state index in [1.165, 1.54) is 4.90 Å². The predicted molar refractivity (Wildman–Crippen MR) is 165 cm³/mol. The van der Waals surface area contributed by atoms with E-state index in [1.54, 1.807) is 19.0 Å². The van der Waals surface area contributed by atoms with Gasteiger partial charge in [0, 0.05) is 31.6 Å². The highest BCUT2D eigenvalue weighted by Gasteiger charge is 2.42. The van der Waals surface area contributed by atoms with Crippen LogP contribution in [-0.4, -0.2) is 108 Å². The van der Waals surface area contributed by atoms with Gasteiger partial charge in [-0.1, -0.05) is 78.8 Å². The Morgan fingerprint density at radius 2 is 1.62 bits per heavy atom. The summed E-state index contributed by atoms with van der Waals surface area (Å²) in [6.07, 6.45) is 1.14. The van der Waals surface area contributed by atoms with Crippen LogP contribution in [0.4, 0.5) is 0 Å². The molecule has 236 valence electrons. The van der Waals surface area contributed by atoms with Crippen molar-refractivity contribution in [2.75, 3.05) is 40.8 Å². The van der Waals surface area contributed by atoms with Gasteiger partial charge in [0.1, 0.15) is 12.1 Å². The number of nitrogens with one attached hydrogen (secondary N) is 2. The van der Waals surface area contributed by atoms with E-state index in [1.807, 2.05) is 90.7 Å². The molecule has 0 aromatic heterocycles. The molecule has 2 rings (SSSR count). The summed E-state index contributed by atoms with van der Waals surface area (Å²) in [5, 5.41) is 15.7. The number of carboxylic acid groups (broad SMARTS) is 1. The SMILES string of the molecule is CNC(C(=O)NC(C(=O)N(C)C(CN(C)CC(=O)N1CCC[C@H]1C(=O)O)C(C)C)C(C)(C)C)C(C)(C)c1ccccc1. The molecule has 0 aliphatic carbocycles. The van der Waals surface area contributed by atoms with E-state index in [0.717, 1.165) is 5.56 Å². The number of carboxylic acids is 1. The van der Waals surface area contributed by atoms with Crippen LogP contribution in [0.25, 0.3) is 0 Å². The van der Waals surface area contributed by atoms with Crippen molar-refractivity contribution < 1.29 is 24.3 Å². The minimum Gasteiger partial charge on any atom is -0.480 e. The number of likely N-dealkylation sites (tertiary alicyclic amines) is 1. The molecule has 3 N–H and O–H groups in total. The maximum absolute atomic E-state index is 14.1. The van der Waals surface area contributed by atoms with Gasteiger partial charge in [-0.05, 0) is 43.8 Å². The second-order valence-electron chi connectivity index (χ2n) is 13.7. The monoisotopic (exact) mass is 587 g/mol. The lowest BCUT2D eigenvalue weighted by Crippen LogP contribution is -2.62. The lowest BCUT2D eigenvalue weighted by Gasteiger charge is -2.41. The topological polar surface area (TPSA) is 122 Å². The number of nitrogens with zero attached hydrogens (tertiary/aromatic N) is 3. The van der Waals surface area contributed by atoms with Crippen LogP contribution in [0.15, 0.2) is 30.3 Å². The third-order valence-electron chi connectivity index (χ3n) is 8.57. The molecule has 0 radical (unpaired) electrons. The summed E-state index contributed by atoms with van der Waals surface area (Å²) in [6, 6.07) is 7.44. The molecule has 1 fully saturated rings. The van der Waals surface area contributed by atoms with Crippen molar-refractivity contribution in [3.8, 4) is 0 Å². The van der Waals surface area contributed by atoms with E-state index in [9.17, 15) is 24.3 Å². The number of hydrogen-bond acceptors (Lipinski definition) is 6. The van der Waals surface area contributed by atoms with Gasteiger partial charge in [0.25, 0.3) is 0 Å². The maximum atomic E-state index is 14.1. The first-order valence-corrected chi connectivity index (χ1v) is 14.9. The number of hydrogen-bond donors (Lipinski definition) is 3. The van der Waals surface area contributed by atoms with E-state index in [2.05, 4.69) is 10.6 Å². The molecule has 0 spiro atoms. The molecule has 42 heavy (non-hydrogen) atoms. The van der Waals surface area contributed by atoms with E-state index in [0.29, 0.717) is 25.9 Å². The summed E-state index contributed by atoms with van der Waals surface area (Å²) in [7, 11) is 5.31. The van der Waals surface area contributed by atoms with Gasteiger partial charge in [0.15, 0.2) is 0 Å². The molecule has 0 bridgehead atoms. The smallest absolute Gasteiger partial charge is 0.326 e. The van der Waals surface area contributed by atoms with Crippen LogP contribution in [0.1, 0.15) is 66.9 Å². The lowest BCUT2D eigenvalue weighted by atomic mass is 9.76. The van der Waals surface area contributed by atoms with Gasteiger partial charge in [-0.25, -0.2) is 4.79 Å². The fourth-order valence-electron chi connectivity index (χ4n) is 5.90. The van der Waals surface area contributed by atoms with E-state index in [-0.39, 0.29) is 36.2 Å². The summed E-state index contributed by atoms with van der Waals surface area (Å²) < 4.78 is 0. The Kier molecular flexibility index (Phi) is 12.1. The number of rotatable bonds is 13. The Bertz CT molecular complexity index is 1080. The molecule has 10 heteroatoms. The van der Waals surface area contributed by atoms with E-state index in [4.69, 9.17) is 0 Å². The third-order valence-corrected chi connectivity index (χ3v) is 8.57. The Balaban J connectivity index is 2.20.